The van der Waals surface area contributed by atoms with Gasteiger partial charge >= 0.3 is 7.82 Å². The highest BCUT2D eigenvalue weighted by molar-refractivity contribution is 7.48. The van der Waals surface area contributed by atoms with Crippen molar-refractivity contribution in [3.8, 4) is 0 Å². The predicted molar refractivity (Wildman–Crippen MR) is 79.7 cm³/mol. The van der Waals surface area contributed by atoms with Gasteiger partial charge in [0.1, 0.15) is 30.2 Å². The number of imidazole rings is 1. The number of nitrogens with zero attached hydrogens (tertiary/aromatic N) is 4. The molecule has 0 aromatic carbocycles. The molecule has 3 unspecified atom stereocenters. The molecule has 0 amide bonds. The number of nitrogen functional groups attached to an aromatic ring is 1. The lowest BCUT2D eigenvalue weighted by Crippen LogP contribution is -2.44. The first-order chi connectivity index (χ1) is 11.4. The molecule has 12 heteroatoms. The SMILES string of the molecule is COP1(=O)OC2C(O[C@@H](n3cnc4c(N)ncnc43)[C@@H]2O)[C@H](C)O1. The van der Waals surface area contributed by atoms with E-state index in [1.54, 1.807) is 6.92 Å². The minimum absolute atomic E-state index is 0.223. The molecule has 24 heavy (non-hydrogen) atoms. The summed E-state index contributed by atoms with van der Waals surface area (Å²) < 4.78 is 35.1. The minimum atomic E-state index is -3.73. The highest BCUT2D eigenvalue weighted by atomic mass is 31.2. The van der Waals surface area contributed by atoms with Gasteiger partial charge in [-0.3, -0.25) is 18.1 Å². The Hall–Kier alpha value is -1.62. The molecule has 3 N–H and O–H groups in total. The summed E-state index contributed by atoms with van der Waals surface area (Å²) in [5, 5.41) is 10.6. The van der Waals surface area contributed by atoms with Crippen LogP contribution in [0.15, 0.2) is 12.7 Å². The monoisotopic (exact) mass is 357 g/mol. The van der Waals surface area contributed by atoms with Crippen LogP contribution in [0, 0.1) is 0 Å². The molecule has 2 aliphatic rings. The first-order valence-corrected chi connectivity index (χ1v) is 8.68. The predicted octanol–water partition coefficient (Wildman–Crippen LogP) is 0.225. The van der Waals surface area contributed by atoms with Gasteiger partial charge in [0.15, 0.2) is 17.7 Å². The molecule has 2 aliphatic heterocycles. The van der Waals surface area contributed by atoms with Crippen LogP contribution in [0.2, 0.25) is 0 Å². The summed E-state index contributed by atoms with van der Waals surface area (Å²) in [6.45, 7) is 1.67. The second kappa shape index (κ2) is 5.45. The summed E-state index contributed by atoms with van der Waals surface area (Å²) in [5.74, 6) is 0.223. The van der Waals surface area contributed by atoms with Gasteiger partial charge in [0.05, 0.1) is 12.4 Å². The van der Waals surface area contributed by atoms with Crippen LogP contribution in [0.4, 0.5) is 5.82 Å². The van der Waals surface area contributed by atoms with Gasteiger partial charge in [0.25, 0.3) is 0 Å². The van der Waals surface area contributed by atoms with E-state index in [0.29, 0.717) is 11.2 Å². The first-order valence-electron chi connectivity index (χ1n) is 7.22. The van der Waals surface area contributed by atoms with E-state index in [-0.39, 0.29) is 5.82 Å². The van der Waals surface area contributed by atoms with Crippen molar-refractivity contribution >= 4 is 24.8 Å². The van der Waals surface area contributed by atoms with E-state index in [1.807, 2.05) is 0 Å². The molecule has 0 radical (unpaired) electrons. The number of nitrogens with two attached hydrogens (primary N) is 1. The molecule has 2 fully saturated rings. The lowest BCUT2D eigenvalue weighted by atomic mass is 10.1. The molecule has 0 spiro atoms. The van der Waals surface area contributed by atoms with Gasteiger partial charge in [0.2, 0.25) is 0 Å². The largest absolute Gasteiger partial charge is 0.475 e. The van der Waals surface area contributed by atoms with E-state index in [9.17, 15) is 9.67 Å². The number of hydrogen-bond acceptors (Lipinski definition) is 10. The molecule has 0 aliphatic carbocycles. The highest BCUT2D eigenvalue weighted by Crippen LogP contribution is 2.58. The fraction of sp³-hybridized carbons (Fsp3) is 0.583. The quantitative estimate of drug-likeness (QED) is 0.716. The number of anilines is 1. The van der Waals surface area contributed by atoms with E-state index < -0.39 is 38.5 Å². The van der Waals surface area contributed by atoms with Crippen molar-refractivity contribution in [1.29, 1.82) is 0 Å². The Labute approximate surface area is 136 Å². The maximum Gasteiger partial charge on any atom is 0.475 e. The molecule has 4 heterocycles. The summed E-state index contributed by atoms with van der Waals surface area (Å²) in [6, 6.07) is 0. The summed E-state index contributed by atoms with van der Waals surface area (Å²) in [6.07, 6.45) is -1.33. The second-order valence-electron chi connectivity index (χ2n) is 5.58. The second-order valence-corrected chi connectivity index (χ2v) is 7.26. The Morgan fingerprint density at radius 2 is 2.12 bits per heavy atom. The van der Waals surface area contributed by atoms with Crippen LogP contribution in [0.1, 0.15) is 13.2 Å². The topological polar surface area (TPSA) is 144 Å². The Bertz CT molecular complexity index is 829. The van der Waals surface area contributed by atoms with Crippen molar-refractivity contribution in [3.05, 3.63) is 12.7 Å². The number of aliphatic hydroxyl groups excluding tert-OH is 1. The average molecular weight is 357 g/mol. The molecule has 6 atom stereocenters. The average Bonchev–Trinajstić information content (AvgIpc) is 3.11. The molecule has 2 aromatic rings. The third kappa shape index (κ3) is 2.25. The Kier molecular flexibility index (Phi) is 3.60. The van der Waals surface area contributed by atoms with Crippen LogP contribution in [0.3, 0.4) is 0 Å². The third-order valence-corrected chi connectivity index (χ3v) is 5.68. The van der Waals surface area contributed by atoms with E-state index >= 15 is 0 Å². The van der Waals surface area contributed by atoms with E-state index in [0.717, 1.165) is 0 Å². The van der Waals surface area contributed by atoms with Gasteiger partial charge in [-0.1, -0.05) is 0 Å². The number of phosphoric acid groups is 1. The van der Waals surface area contributed by atoms with Crippen molar-refractivity contribution in [2.24, 2.45) is 0 Å². The molecular weight excluding hydrogens is 341 g/mol. The fourth-order valence-corrected chi connectivity index (χ4v) is 4.28. The molecule has 2 saturated heterocycles. The van der Waals surface area contributed by atoms with E-state index in [2.05, 4.69) is 15.0 Å². The molecular formula is C12H16N5O6P. The standard InChI is InChI=1S/C12H16N5O6P/c1-5-8-9(23-24(19,20-2)22-5)7(18)12(21-8)17-4-16-6-10(13)14-3-15-11(6)17/h3-5,7-9,12,18H,1-2H3,(H2,13,14,15)/t5-,7+,8?,9?,12+,24?/m0/s1. The molecule has 130 valence electrons. The summed E-state index contributed by atoms with van der Waals surface area (Å²) in [4.78, 5) is 12.1. The molecule has 2 aromatic heterocycles. The smallest absolute Gasteiger partial charge is 0.386 e. The van der Waals surface area contributed by atoms with Crippen LogP contribution in [-0.2, 0) is 22.9 Å². The van der Waals surface area contributed by atoms with E-state index in [1.165, 1.54) is 24.3 Å². The molecule has 0 bridgehead atoms. The van der Waals surface area contributed by atoms with Crippen molar-refractivity contribution in [2.75, 3.05) is 12.8 Å². The summed E-state index contributed by atoms with van der Waals surface area (Å²) in [7, 11) is -2.51. The zero-order valence-corrected chi connectivity index (χ0v) is 13.7. The number of hydrogen-bond donors (Lipinski definition) is 2. The van der Waals surface area contributed by atoms with Gasteiger partial charge in [-0.15, -0.1) is 0 Å². The number of aliphatic hydroxyl groups is 1. The van der Waals surface area contributed by atoms with Gasteiger partial charge in [-0.05, 0) is 6.92 Å². The van der Waals surface area contributed by atoms with Crippen LogP contribution in [-0.4, -0.2) is 56.2 Å². The maximum absolute atomic E-state index is 12.3. The number of ether oxygens (including phenoxy) is 1. The Morgan fingerprint density at radius 3 is 2.88 bits per heavy atom. The minimum Gasteiger partial charge on any atom is -0.386 e. The van der Waals surface area contributed by atoms with Crippen LogP contribution in [0.5, 0.6) is 0 Å². The number of aromatic nitrogens is 4. The van der Waals surface area contributed by atoms with Gasteiger partial charge in [-0.25, -0.2) is 19.5 Å². The summed E-state index contributed by atoms with van der Waals surface area (Å²) in [5.41, 5.74) is 6.58. The lowest BCUT2D eigenvalue weighted by molar-refractivity contribution is -0.101. The van der Waals surface area contributed by atoms with Crippen LogP contribution >= 0.6 is 7.82 Å². The number of phosphoric ester groups is 1. The Balaban J connectivity index is 1.71. The highest BCUT2D eigenvalue weighted by Gasteiger charge is 2.56. The van der Waals surface area contributed by atoms with Crippen molar-refractivity contribution < 1.29 is 28.0 Å². The van der Waals surface area contributed by atoms with Crippen molar-refractivity contribution in [1.82, 2.24) is 19.5 Å². The van der Waals surface area contributed by atoms with Crippen molar-refractivity contribution in [3.63, 3.8) is 0 Å². The van der Waals surface area contributed by atoms with E-state index in [4.69, 9.17) is 24.0 Å². The lowest BCUT2D eigenvalue weighted by Gasteiger charge is -2.34. The van der Waals surface area contributed by atoms with Gasteiger partial charge in [-0.2, -0.15) is 0 Å². The van der Waals surface area contributed by atoms with Crippen LogP contribution < -0.4 is 5.73 Å². The van der Waals surface area contributed by atoms with Crippen LogP contribution in [0.25, 0.3) is 11.2 Å². The zero-order valence-electron chi connectivity index (χ0n) is 12.8. The molecule has 4 rings (SSSR count). The first kappa shape index (κ1) is 15.9. The Morgan fingerprint density at radius 1 is 1.33 bits per heavy atom. The third-order valence-electron chi connectivity index (χ3n) is 4.14. The molecule has 11 nitrogen and oxygen atoms in total. The zero-order chi connectivity index (χ0) is 17.1. The number of fused-ring (bicyclic) bond motifs is 2. The van der Waals surface area contributed by atoms with Gasteiger partial charge < -0.3 is 15.6 Å². The maximum atomic E-state index is 12.3. The normalized spacial score (nSPS) is 39.2. The fourth-order valence-electron chi connectivity index (χ4n) is 2.99. The number of rotatable bonds is 2. The van der Waals surface area contributed by atoms with Gasteiger partial charge in [0, 0.05) is 7.11 Å². The van der Waals surface area contributed by atoms with Crippen molar-refractivity contribution in [2.45, 2.75) is 37.6 Å². The molecule has 0 saturated carbocycles. The summed E-state index contributed by atoms with van der Waals surface area (Å²) >= 11 is 0.